The highest BCUT2D eigenvalue weighted by atomic mass is 16.3. The molecule has 9 nitrogen and oxygen atoms in total. The van der Waals surface area contributed by atoms with E-state index < -0.39 is 6.03 Å². The number of nitrogens with one attached hydrogen (secondary N) is 1. The summed E-state index contributed by atoms with van der Waals surface area (Å²) in [6.07, 6.45) is 3.18. The topological polar surface area (TPSA) is 143 Å². The Bertz CT molecular complexity index is 781. The molecule has 25 heavy (non-hydrogen) atoms. The molecule has 9 heteroatoms. The lowest BCUT2D eigenvalue weighted by atomic mass is 10.1. The van der Waals surface area contributed by atoms with E-state index in [4.69, 9.17) is 11.5 Å². The number of nitrogens with two attached hydrogens (primary N) is 2. The minimum absolute atomic E-state index is 0.279. The van der Waals surface area contributed by atoms with Crippen molar-refractivity contribution in [3.63, 3.8) is 0 Å². The molecule has 130 valence electrons. The molecule has 1 fully saturated rings. The van der Waals surface area contributed by atoms with Crippen LogP contribution in [-0.4, -0.2) is 46.3 Å². The van der Waals surface area contributed by atoms with Crippen molar-refractivity contribution in [2.45, 2.75) is 12.6 Å². The molecule has 0 spiro atoms. The maximum Gasteiger partial charge on any atom is 0.344 e. The molecule has 0 bridgehead atoms. The number of hydrogen-bond donors (Lipinski definition) is 4. The van der Waals surface area contributed by atoms with Gasteiger partial charge in [0.2, 0.25) is 5.95 Å². The Morgan fingerprint density at radius 3 is 2.64 bits per heavy atom. The summed E-state index contributed by atoms with van der Waals surface area (Å²) in [4.78, 5) is 25.4. The van der Waals surface area contributed by atoms with E-state index in [1.807, 2.05) is 29.2 Å². The second-order valence-electron chi connectivity index (χ2n) is 5.73. The summed E-state index contributed by atoms with van der Waals surface area (Å²) in [5.74, 6) is 0.327. The summed E-state index contributed by atoms with van der Waals surface area (Å²) in [7, 11) is 0. The molecular weight excluding hydrogens is 322 g/mol. The van der Waals surface area contributed by atoms with E-state index in [1.165, 1.54) is 0 Å². The van der Waals surface area contributed by atoms with Crippen LogP contribution in [0.3, 0.4) is 0 Å². The fourth-order valence-electron chi connectivity index (χ4n) is 2.45. The lowest BCUT2D eigenvalue weighted by molar-refractivity contribution is 0.140. The molecule has 1 aliphatic rings. The van der Waals surface area contributed by atoms with E-state index in [9.17, 15) is 9.90 Å². The largest absolute Gasteiger partial charge is 0.389 e. The van der Waals surface area contributed by atoms with Gasteiger partial charge in [-0.25, -0.2) is 14.8 Å². The number of carbonyl (C=O) groups excluding carboxylic acids is 1. The van der Waals surface area contributed by atoms with Crippen LogP contribution in [-0.2, 0) is 6.54 Å². The molecule has 0 unspecified atom stereocenters. The maximum absolute atomic E-state index is 11.4. The minimum atomic E-state index is -0.588. The highest BCUT2D eigenvalue weighted by Gasteiger charge is 2.26. The van der Waals surface area contributed by atoms with Crippen molar-refractivity contribution in [3.05, 3.63) is 42.2 Å². The first-order valence-electron chi connectivity index (χ1n) is 7.73. The van der Waals surface area contributed by atoms with E-state index in [1.54, 1.807) is 12.4 Å². The zero-order chi connectivity index (χ0) is 17.8. The van der Waals surface area contributed by atoms with Crippen LogP contribution in [0, 0.1) is 0 Å². The molecular formula is C16H19N7O2. The monoisotopic (exact) mass is 341 g/mol. The Morgan fingerprint density at radius 1 is 1.28 bits per heavy atom. The van der Waals surface area contributed by atoms with Crippen LogP contribution in [0.2, 0.25) is 0 Å². The molecule has 1 saturated heterocycles. The number of amides is 2. The van der Waals surface area contributed by atoms with Gasteiger partial charge in [-0.1, -0.05) is 18.2 Å². The quantitative estimate of drug-likeness (QED) is 0.446. The van der Waals surface area contributed by atoms with Gasteiger partial charge in [0.25, 0.3) is 0 Å². The smallest absolute Gasteiger partial charge is 0.344 e. The maximum atomic E-state index is 11.4. The number of anilines is 1. The van der Waals surface area contributed by atoms with E-state index in [2.05, 4.69) is 20.3 Å². The summed E-state index contributed by atoms with van der Waals surface area (Å²) >= 11 is 0. The Kier molecular flexibility index (Phi) is 4.75. The van der Waals surface area contributed by atoms with E-state index in [0.717, 1.165) is 16.7 Å². The van der Waals surface area contributed by atoms with E-state index in [-0.39, 0.29) is 12.1 Å². The number of benzene rings is 1. The standard InChI is InChI=1S/C16H19N7O2/c17-14(18)22-16(25)21-5-10-2-1-3-11(4-10)12-6-19-15(20-7-12)23-8-13(24)9-23/h1-4,6-7,13,24H,5,8-9H2,(H5,17,18,21,22,25). The highest BCUT2D eigenvalue weighted by molar-refractivity contribution is 5.90. The van der Waals surface area contributed by atoms with Gasteiger partial charge in [0.05, 0.1) is 6.10 Å². The molecule has 6 N–H and O–H groups in total. The van der Waals surface area contributed by atoms with Gasteiger partial charge in [0, 0.05) is 37.6 Å². The first-order valence-corrected chi connectivity index (χ1v) is 7.73. The molecule has 1 aromatic carbocycles. The lowest BCUT2D eigenvalue weighted by Crippen LogP contribution is -2.51. The summed E-state index contributed by atoms with van der Waals surface area (Å²) < 4.78 is 0. The van der Waals surface area contributed by atoms with Crippen molar-refractivity contribution in [3.8, 4) is 11.1 Å². The third-order valence-corrected chi connectivity index (χ3v) is 3.72. The molecule has 2 heterocycles. The Hall–Kier alpha value is -3.20. The van der Waals surface area contributed by atoms with Crippen LogP contribution in [0.15, 0.2) is 41.7 Å². The van der Waals surface area contributed by atoms with Gasteiger partial charge in [0.1, 0.15) is 0 Å². The zero-order valence-corrected chi connectivity index (χ0v) is 13.5. The number of β-amino-alcohol motifs (C(OH)–C–C–N with tert-alkyl or cyclic N) is 1. The molecule has 2 aromatic rings. The third-order valence-electron chi connectivity index (χ3n) is 3.72. The Labute approximate surface area is 144 Å². The van der Waals surface area contributed by atoms with E-state index >= 15 is 0 Å². The number of carbonyl (C=O) groups is 1. The normalized spacial score (nSPS) is 13.9. The van der Waals surface area contributed by atoms with Gasteiger partial charge in [-0.05, 0) is 17.2 Å². The second-order valence-corrected chi connectivity index (χ2v) is 5.73. The number of nitrogens with zero attached hydrogens (tertiary/aromatic N) is 4. The first kappa shape index (κ1) is 16.7. The van der Waals surface area contributed by atoms with Crippen LogP contribution in [0.25, 0.3) is 11.1 Å². The van der Waals surface area contributed by atoms with Gasteiger partial charge in [-0.3, -0.25) is 0 Å². The number of aliphatic hydroxyl groups excluding tert-OH is 1. The number of aliphatic hydroxyl groups is 1. The molecule has 1 aliphatic heterocycles. The zero-order valence-electron chi connectivity index (χ0n) is 13.5. The third kappa shape index (κ3) is 4.21. The fourth-order valence-corrected chi connectivity index (χ4v) is 2.45. The average molecular weight is 341 g/mol. The van der Waals surface area contributed by atoms with Crippen molar-refractivity contribution < 1.29 is 9.90 Å². The number of guanidine groups is 1. The molecule has 0 radical (unpaired) electrons. The van der Waals surface area contributed by atoms with Crippen LogP contribution in [0.4, 0.5) is 10.7 Å². The molecule has 3 rings (SSSR count). The van der Waals surface area contributed by atoms with Crippen LogP contribution >= 0.6 is 0 Å². The van der Waals surface area contributed by atoms with Gasteiger partial charge in [-0.15, -0.1) is 0 Å². The van der Waals surface area contributed by atoms with E-state index in [0.29, 0.717) is 25.6 Å². The van der Waals surface area contributed by atoms with Crippen LogP contribution < -0.4 is 21.7 Å². The van der Waals surface area contributed by atoms with Crippen molar-refractivity contribution in [1.29, 1.82) is 0 Å². The van der Waals surface area contributed by atoms with Crippen LogP contribution in [0.5, 0.6) is 0 Å². The van der Waals surface area contributed by atoms with Crippen molar-refractivity contribution >= 4 is 17.9 Å². The molecule has 0 aliphatic carbocycles. The van der Waals surface area contributed by atoms with Gasteiger partial charge >= 0.3 is 6.03 Å². The lowest BCUT2D eigenvalue weighted by Gasteiger charge is -2.35. The number of aliphatic imine (C=N–C) groups is 1. The average Bonchev–Trinajstić information content (AvgIpc) is 2.57. The van der Waals surface area contributed by atoms with Gasteiger partial charge < -0.3 is 26.8 Å². The number of aromatic nitrogens is 2. The second kappa shape index (κ2) is 7.14. The number of urea groups is 1. The first-order chi connectivity index (χ1) is 12.0. The Morgan fingerprint density at radius 2 is 2.00 bits per heavy atom. The molecule has 0 atom stereocenters. The highest BCUT2D eigenvalue weighted by Crippen LogP contribution is 2.22. The van der Waals surface area contributed by atoms with Gasteiger partial charge in [0.15, 0.2) is 5.96 Å². The number of rotatable bonds is 4. The van der Waals surface area contributed by atoms with Crippen molar-refractivity contribution in [1.82, 2.24) is 15.3 Å². The predicted octanol–water partition coefficient (Wildman–Crippen LogP) is -0.192. The fraction of sp³-hybridized carbons (Fsp3) is 0.250. The SMILES string of the molecule is NC(N)=NC(=O)NCc1cccc(-c2cnc(N3CC(O)C3)nc2)c1. The minimum Gasteiger partial charge on any atom is -0.389 e. The Balaban J connectivity index is 1.66. The molecule has 2 amide bonds. The molecule has 1 aromatic heterocycles. The van der Waals surface area contributed by atoms with Crippen LogP contribution in [0.1, 0.15) is 5.56 Å². The predicted molar refractivity (Wildman–Crippen MR) is 93.7 cm³/mol. The molecule has 0 saturated carbocycles. The number of hydrogen-bond acceptors (Lipinski definition) is 5. The van der Waals surface area contributed by atoms with Crippen molar-refractivity contribution in [2.75, 3.05) is 18.0 Å². The summed E-state index contributed by atoms with van der Waals surface area (Å²) in [6.45, 7) is 1.42. The summed E-state index contributed by atoms with van der Waals surface area (Å²) in [5, 5.41) is 11.9. The van der Waals surface area contributed by atoms with Gasteiger partial charge in [-0.2, -0.15) is 4.99 Å². The summed E-state index contributed by atoms with van der Waals surface area (Å²) in [5.41, 5.74) is 13.0. The summed E-state index contributed by atoms with van der Waals surface area (Å²) in [6, 6.07) is 7.05. The van der Waals surface area contributed by atoms with Crippen molar-refractivity contribution in [2.24, 2.45) is 16.5 Å².